The van der Waals surface area contributed by atoms with Crippen LogP contribution in [0, 0.1) is 0 Å². The van der Waals surface area contributed by atoms with Crippen LogP contribution in [0.2, 0.25) is 5.02 Å². The number of aromatic nitrogens is 5. The van der Waals surface area contributed by atoms with Crippen LogP contribution in [0.15, 0.2) is 49.1 Å². The molecule has 0 aliphatic carbocycles. The molecule has 30 heavy (non-hydrogen) atoms. The number of hydrogen-bond acceptors (Lipinski definition) is 6. The van der Waals surface area contributed by atoms with Crippen molar-refractivity contribution in [1.29, 1.82) is 0 Å². The Morgan fingerprint density at radius 3 is 3.03 bits per heavy atom. The SMILES string of the molecule is CCOc1ccc(Cl)cc1-c1nn(CCN)cc1NC(=O)c1cnn2cccnc12. The highest BCUT2D eigenvalue weighted by atomic mass is 35.5. The molecular weight excluding hydrogens is 406 g/mol. The van der Waals surface area contributed by atoms with Crippen molar-refractivity contribution in [2.75, 3.05) is 18.5 Å². The van der Waals surface area contributed by atoms with Crippen molar-refractivity contribution in [2.24, 2.45) is 5.73 Å². The van der Waals surface area contributed by atoms with Crippen LogP contribution in [-0.2, 0) is 6.54 Å². The van der Waals surface area contributed by atoms with Crippen molar-refractivity contribution in [1.82, 2.24) is 24.4 Å². The average molecular weight is 426 g/mol. The number of carbonyl (C=O) groups is 1. The van der Waals surface area contributed by atoms with Crippen LogP contribution in [0.3, 0.4) is 0 Å². The van der Waals surface area contributed by atoms with E-state index in [0.29, 0.717) is 58.6 Å². The van der Waals surface area contributed by atoms with E-state index in [1.807, 2.05) is 6.92 Å². The van der Waals surface area contributed by atoms with E-state index >= 15 is 0 Å². The van der Waals surface area contributed by atoms with Crippen molar-refractivity contribution in [3.63, 3.8) is 0 Å². The Morgan fingerprint density at radius 1 is 1.37 bits per heavy atom. The number of fused-ring (bicyclic) bond motifs is 1. The summed E-state index contributed by atoms with van der Waals surface area (Å²) in [4.78, 5) is 17.2. The maximum Gasteiger partial charge on any atom is 0.261 e. The van der Waals surface area contributed by atoms with Crippen molar-refractivity contribution < 1.29 is 9.53 Å². The summed E-state index contributed by atoms with van der Waals surface area (Å²) in [6, 6.07) is 7.03. The van der Waals surface area contributed by atoms with E-state index in [4.69, 9.17) is 22.1 Å². The van der Waals surface area contributed by atoms with Crippen LogP contribution in [0.4, 0.5) is 5.69 Å². The largest absolute Gasteiger partial charge is 0.493 e. The summed E-state index contributed by atoms with van der Waals surface area (Å²) in [6.45, 7) is 3.27. The Kier molecular flexibility index (Phi) is 5.64. The van der Waals surface area contributed by atoms with Gasteiger partial charge >= 0.3 is 0 Å². The molecule has 154 valence electrons. The first-order chi connectivity index (χ1) is 14.6. The molecule has 9 nitrogen and oxygen atoms in total. The third-order valence-corrected chi connectivity index (χ3v) is 4.62. The highest BCUT2D eigenvalue weighted by molar-refractivity contribution is 6.31. The number of carbonyl (C=O) groups excluding carboxylic acids is 1. The molecule has 4 aromatic rings. The lowest BCUT2D eigenvalue weighted by atomic mass is 10.1. The Labute approximate surface area is 177 Å². The predicted molar refractivity (Wildman–Crippen MR) is 114 cm³/mol. The third kappa shape index (κ3) is 3.85. The zero-order valence-corrected chi connectivity index (χ0v) is 17.0. The number of nitrogens with two attached hydrogens (primary N) is 1. The molecular formula is C20H20ClN7O2. The first-order valence-corrected chi connectivity index (χ1v) is 9.78. The second-order valence-corrected chi connectivity index (χ2v) is 6.85. The van der Waals surface area contributed by atoms with Crippen molar-refractivity contribution in [3.8, 4) is 17.0 Å². The molecule has 0 fully saturated rings. The van der Waals surface area contributed by atoms with E-state index in [1.165, 1.54) is 10.7 Å². The van der Waals surface area contributed by atoms with Crippen LogP contribution in [-0.4, -0.2) is 43.4 Å². The molecule has 10 heteroatoms. The lowest BCUT2D eigenvalue weighted by molar-refractivity contribution is 0.102. The zero-order valence-electron chi connectivity index (χ0n) is 16.2. The summed E-state index contributed by atoms with van der Waals surface area (Å²) in [5.41, 5.74) is 8.22. The van der Waals surface area contributed by atoms with Gasteiger partial charge in [-0.2, -0.15) is 10.2 Å². The lowest BCUT2D eigenvalue weighted by Crippen LogP contribution is -2.12. The molecule has 0 spiro atoms. The number of amides is 1. The minimum Gasteiger partial charge on any atom is -0.493 e. The molecule has 0 unspecified atom stereocenters. The summed E-state index contributed by atoms with van der Waals surface area (Å²) in [7, 11) is 0. The van der Waals surface area contributed by atoms with Gasteiger partial charge in [0.1, 0.15) is 17.0 Å². The Balaban J connectivity index is 1.75. The number of benzene rings is 1. The van der Waals surface area contributed by atoms with E-state index < -0.39 is 0 Å². The lowest BCUT2D eigenvalue weighted by Gasteiger charge is -2.11. The summed E-state index contributed by atoms with van der Waals surface area (Å²) < 4.78 is 8.95. The summed E-state index contributed by atoms with van der Waals surface area (Å²) in [6.07, 6.45) is 6.55. The fourth-order valence-electron chi connectivity index (χ4n) is 3.10. The second kappa shape index (κ2) is 8.52. The van der Waals surface area contributed by atoms with Gasteiger partial charge in [0.15, 0.2) is 5.65 Å². The van der Waals surface area contributed by atoms with Gasteiger partial charge in [0, 0.05) is 35.7 Å². The van der Waals surface area contributed by atoms with Crippen molar-refractivity contribution in [3.05, 3.63) is 59.6 Å². The molecule has 0 saturated carbocycles. The molecule has 3 heterocycles. The Morgan fingerprint density at radius 2 is 2.23 bits per heavy atom. The number of nitrogens with one attached hydrogen (secondary N) is 1. The highest BCUT2D eigenvalue weighted by Crippen LogP contribution is 2.36. The van der Waals surface area contributed by atoms with Gasteiger partial charge in [0.05, 0.1) is 25.0 Å². The van der Waals surface area contributed by atoms with Gasteiger partial charge in [0.2, 0.25) is 0 Å². The number of rotatable bonds is 7. The maximum absolute atomic E-state index is 13.0. The number of ether oxygens (including phenoxy) is 1. The van der Waals surface area contributed by atoms with E-state index in [2.05, 4.69) is 20.5 Å². The van der Waals surface area contributed by atoms with Crippen LogP contribution >= 0.6 is 11.6 Å². The average Bonchev–Trinajstić information content (AvgIpc) is 3.34. The Bertz CT molecular complexity index is 1200. The molecule has 4 rings (SSSR count). The topological polar surface area (TPSA) is 112 Å². The molecule has 0 radical (unpaired) electrons. The summed E-state index contributed by atoms with van der Waals surface area (Å²) in [5, 5.41) is 12.2. The third-order valence-electron chi connectivity index (χ3n) is 4.39. The van der Waals surface area contributed by atoms with Gasteiger partial charge in [-0.1, -0.05) is 11.6 Å². The van der Waals surface area contributed by atoms with Gasteiger partial charge in [-0.25, -0.2) is 9.50 Å². The van der Waals surface area contributed by atoms with Gasteiger partial charge in [-0.3, -0.25) is 9.48 Å². The van der Waals surface area contributed by atoms with E-state index in [0.717, 1.165) is 0 Å². The first kappa shape index (κ1) is 19.9. The monoisotopic (exact) mass is 425 g/mol. The number of anilines is 1. The highest BCUT2D eigenvalue weighted by Gasteiger charge is 2.20. The fourth-order valence-corrected chi connectivity index (χ4v) is 3.28. The molecule has 0 atom stereocenters. The maximum atomic E-state index is 13.0. The quantitative estimate of drug-likeness (QED) is 0.470. The van der Waals surface area contributed by atoms with Crippen LogP contribution in [0.1, 0.15) is 17.3 Å². The number of nitrogens with zero attached hydrogens (tertiary/aromatic N) is 5. The zero-order chi connectivity index (χ0) is 21.1. The van der Waals surface area contributed by atoms with Crippen LogP contribution in [0.25, 0.3) is 16.9 Å². The Hall–Kier alpha value is -3.43. The van der Waals surface area contributed by atoms with Crippen molar-refractivity contribution >= 4 is 28.8 Å². The first-order valence-electron chi connectivity index (χ1n) is 9.40. The van der Waals surface area contributed by atoms with Crippen LogP contribution < -0.4 is 15.8 Å². The van der Waals surface area contributed by atoms with Gasteiger partial charge in [-0.05, 0) is 31.2 Å². The normalized spacial score (nSPS) is 11.0. The number of halogens is 1. The summed E-state index contributed by atoms with van der Waals surface area (Å²) >= 11 is 6.22. The van der Waals surface area contributed by atoms with Gasteiger partial charge < -0.3 is 15.8 Å². The minimum absolute atomic E-state index is 0.350. The molecule has 3 N–H and O–H groups in total. The van der Waals surface area contributed by atoms with E-state index in [9.17, 15) is 4.79 Å². The van der Waals surface area contributed by atoms with Gasteiger partial charge in [0.25, 0.3) is 5.91 Å². The molecule has 0 aliphatic rings. The molecule has 1 aromatic carbocycles. The van der Waals surface area contributed by atoms with E-state index in [-0.39, 0.29) is 5.91 Å². The summed E-state index contributed by atoms with van der Waals surface area (Å²) in [5.74, 6) is 0.269. The molecule has 0 saturated heterocycles. The fraction of sp³-hybridized carbons (Fsp3) is 0.200. The standard InChI is InChI=1S/C20H20ClN7O2/c1-2-30-17-5-4-13(21)10-14(17)18-16(12-27(26-18)9-6-22)25-20(29)15-11-24-28-8-3-7-23-19(15)28/h3-5,7-8,10-12H,2,6,9,22H2,1H3,(H,25,29). The van der Waals surface area contributed by atoms with Crippen LogP contribution in [0.5, 0.6) is 5.75 Å². The van der Waals surface area contributed by atoms with Gasteiger partial charge in [-0.15, -0.1) is 0 Å². The smallest absolute Gasteiger partial charge is 0.261 e. The van der Waals surface area contributed by atoms with Crippen molar-refractivity contribution in [2.45, 2.75) is 13.5 Å². The second-order valence-electron chi connectivity index (χ2n) is 6.42. The molecule has 3 aromatic heterocycles. The molecule has 0 bridgehead atoms. The minimum atomic E-state index is -0.350. The number of hydrogen-bond donors (Lipinski definition) is 2. The van der Waals surface area contributed by atoms with E-state index in [1.54, 1.807) is 47.5 Å². The predicted octanol–water partition coefficient (Wildman–Crippen LogP) is 2.86. The molecule has 1 amide bonds. The molecule has 0 aliphatic heterocycles.